The molecule has 1 saturated heterocycles. The summed E-state index contributed by atoms with van der Waals surface area (Å²) in [5.74, 6) is -0.0355. The van der Waals surface area contributed by atoms with Crippen LogP contribution in [0.25, 0.3) is 0 Å². The Bertz CT molecular complexity index is 1020. The Morgan fingerprint density at radius 1 is 1.00 bits per heavy atom. The fourth-order valence-corrected chi connectivity index (χ4v) is 5.01. The molecule has 0 N–H and O–H groups in total. The molecule has 0 atom stereocenters. The fraction of sp³-hybridized carbons (Fsp3) is 0.500. The average molecular weight is 464 g/mol. The second-order valence-electron chi connectivity index (χ2n) is 8.86. The highest BCUT2D eigenvalue weighted by Crippen LogP contribution is 2.41. The number of piperidine rings is 1. The Balaban J connectivity index is 1.41. The topological polar surface area (TPSA) is 54.8 Å². The first kappa shape index (κ1) is 23.5. The van der Waals surface area contributed by atoms with Crippen LogP contribution in [0.3, 0.4) is 0 Å². The second-order valence-corrected chi connectivity index (χ2v) is 8.86. The molecule has 6 nitrogen and oxygen atoms in total. The summed E-state index contributed by atoms with van der Waals surface area (Å²) < 4.78 is 43.4. The number of carbonyl (C=O) groups excluding carboxylic acids is 2. The highest BCUT2D eigenvalue weighted by Gasteiger charge is 2.45. The van der Waals surface area contributed by atoms with Gasteiger partial charge < -0.3 is 14.2 Å². The third-order valence-electron chi connectivity index (χ3n) is 6.82. The Hall–Kier alpha value is -2.65. The van der Waals surface area contributed by atoms with Crippen molar-refractivity contribution in [3.63, 3.8) is 0 Å². The zero-order chi connectivity index (χ0) is 23.8. The maximum absolute atomic E-state index is 13.0. The lowest BCUT2D eigenvalue weighted by Gasteiger charge is -2.50. The first-order valence-electron chi connectivity index (χ1n) is 11.1. The van der Waals surface area contributed by atoms with Gasteiger partial charge in [-0.25, -0.2) is 0 Å². The SMILES string of the molecule is CC(=O)c1ccc2n1CCN(C)C21CCN(C(=O)c2ccc(COCC(F)(F)F)cc2)CC1. The molecule has 1 aromatic carbocycles. The molecule has 178 valence electrons. The lowest BCUT2D eigenvalue weighted by Crippen LogP contribution is -2.56. The third kappa shape index (κ3) is 4.70. The van der Waals surface area contributed by atoms with E-state index < -0.39 is 12.8 Å². The Morgan fingerprint density at radius 2 is 1.67 bits per heavy atom. The van der Waals surface area contributed by atoms with Crippen LogP contribution in [0.4, 0.5) is 13.2 Å². The Labute approximate surface area is 190 Å². The maximum atomic E-state index is 13.0. The molecule has 0 unspecified atom stereocenters. The minimum atomic E-state index is -4.36. The normalized spacial score (nSPS) is 18.4. The van der Waals surface area contributed by atoms with Gasteiger partial charge in [0.15, 0.2) is 5.78 Å². The predicted molar refractivity (Wildman–Crippen MR) is 116 cm³/mol. The van der Waals surface area contributed by atoms with Crippen molar-refractivity contribution in [3.8, 4) is 0 Å². The lowest BCUT2D eigenvalue weighted by molar-refractivity contribution is -0.176. The number of hydrogen-bond donors (Lipinski definition) is 0. The Morgan fingerprint density at radius 3 is 2.27 bits per heavy atom. The molecule has 2 aliphatic rings. The number of alkyl halides is 3. The zero-order valence-electron chi connectivity index (χ0n) is 18.8. The van der Waals surface area contributed by atoms with E-state index in [1.54, 1.807) is 31.2 Å². The first-order chi connectivity index (χ1) is 15.6. The van der Waals surface area contributed by atoms with Gasteiger partial charge in [0.2, 0.25) is 0 Å². The molecule has 1 spiro atoms. The lowest BCUT2D eigenvalue weighted by atomic mass is 9.81. The number of likely N-dealkylation sites (N-methyl/N-ethyl adjacent to an activating group) is 1. The predicted octanol–water partition coefficient (Wildman–Crippen LogP) is 3.85. The number of amides is 1. The smallest absolute Gasteiger partial charge is 0.367 e. The number of ether oxygens (including phenoxy) is 1. The molecule has 1 aromatic heterocycles. The number of carbonyl (C=O) groups is 2. The standard InChI is InChI=1S/C24H28F3N3O3/c1-17(31)20-7-8-21-23(28(2)13-14-30(20)21)9-11-29(12-10-23)22(32)19-5-3-18(4-6-19)15-33-16-24(25,26)27/h3-8H,9-16H2,1-2H3. The van der Waals surface area contributed by atoms with Gasteiger partial charge in [-0.05, 0) is 49.7 Å². The van der Waals surface area contributed by atoms with Crippen molar-refractivity contribution in [3.05, 3.63) is 58.9 Å². The zero-order valence-corrected chi connectivity index (χ0v) is 18.8. The van der Waals surface area contributed by atoms with Crippen molar-refractivity contribution < 1.29 is 27.5 Å². The van der Waals surface area contributed by atoms with Gasteiger partial charge in [0, 0.05) is 44.4 Å². The summed E-state index contributed by atoms with van der Waals surface area (Å²) >= 11 is 0. The number of benzene rings is 1. The highest BCUT2D eigenvalue weighted by atomic mass is 19.4. The van der Waals surface area contributed by atoms with Crippen LogP contribution in [-0.2, 0) is 23.4 Å². The van der Waals surface area contributed by atoms with Crippen LogP contribution in [0.5, 0.6) is 0 Å². The molecule has 0 bridgehead atoms. The number of ketones is 1. The van der Waals surface area contributed by atoms with Crippen LogP contribution in [0, 0.1) is 0 Å². The summed E-state index contributed by atoms with van der Waals surface area (Å²) in [6.07, 6.45) is -2.83. The largest absolute Gasteiger partial charge is 0.411 e. The van der Waals surface area contributed by atoms with Crippen LogP contribution in [-0.4, -0.2) is 65.5 Å². The monoisotopic (exact) mass is 463 g/mol. The number of Topliss-reactive ketones (excluding diaryl/α,β-unsaturated/α-hetero) is 1. The molecule has 0 radical (unpaired) electrons. The van der Waals surface area contributed by atoms with Gasteiger partial charge in [-0.3, -0.25) is 14.5 Å². The Kier molecular flexibility index (Phi) is 6.37. The van der Waals surface area contributed by atoms with Gasteiger partial charge in [0.1, 0.15) is 6.61 Å². The quantitative estimate of drug-likeness (QED) is 0.633. The van der Waals surface area contributed by atoms with E-state index in [-0.39, 0.29) is 23.8 Å². The second kappa shape index (κ2) is 8.95. The van der Waals surface area contributed by atoms with E-state index in [1.807, 2.05) is 17.0 Å². The van der Waals surface area contributed by atoms with Gasteiger partial charge in [0.25, 0.3) is 5.91 Å². The van der Waals surface area contributed by atoms with Crippen LogP contribution in [0.2, 0.25) is 0 Å². The average Bonchev–Trinajstić information content (AvgIpc) is 3.22. The summed E-state index contributed by atoms with van der Waals surface area (Å²) in [4.78, 5) is 29.2. The summed E-state index contributed by atoms with van der Waals surface area (Å²) in [5.41, 5.74) is 2.75. The molecule has 3 heterocycles. The summed E-state index contributed by atoms with van der Waals surface area (Å²) in [7, 11) is 2.10. The molecule has 0 saturated carbocycles. The molecule has 2 aromatic rings. The van der Waals surface area contributed by atoms with Crippen LogP contribution >= 0.6 is 0 Å². The van der Waals surface area contributed by atoms with E-state index in [0.29, 0.717) is 24.2 Å². The van der Waals surface area contributed by atoms with E-state index >= 15 is 0 Å². The highest BCUT2D eigenvalue weighted by molar-refractivity contribution is 5.94. The van der Waals surface area contributed by atoms with Crippen molar-refractivity contribution >= 4 is 11.7 Å². The number of fused-ring (bicyclic) bond motifs is 2. The molecule has 9 heteroatoms. The van der Waals surface area contributed by atoms with Crippen molar-refractivity contribution in [1.82, 2.24) is 14.4 Å². The van der Waals surface area contributed by atoms with Crippen LogP contribution in [0.1, 0.15) is 51.9 Å². The molecular formula is C24H28F3N3O3. The van der Waals surface area contributed by atoms with E-state index in [0.717, 1.165) is 37.3 Å². The molecular weight excluding hydrogens is 435 g/mol. The van der Waals surface area contributed by atoms with Crippen LogP contribution in [0.15, 0.2) is 36.4 Å². The van der Waals surface area contributed by atoms with Crippen molar-refractivity contribution in [1.29, 1.82) is 0 Å². The van der Waals surface area contributed by atoms with Crippen molar-refractivity contribution in [2.75, 3.05) is 33.3 Å². The van der Waals surface area contributed by atoms with E-state index in [2.05, 4.69) is 21.3 Å². The molecule has 0 aliphatic carbocycles. The van der Waals surface area contributed by atoms with Gasteiger partial charge >= 0.3 is 6.18 Å². The minimum Gasteiger partial charge on any atom is -0.367 e. The summed E-state index contributed by atoms with van der Waals surface area (Å²) in [6.45, 7) is 2.91. The first-order valence-corrected chi connectivity index (χ1v) is 11.1. The van der Waals surface area contributed by atoms with Gasteiger partial charge in [0.05, 0.1) is 17.8 Å². The molecule has 1 amide bonds. The number of hydrogen-bond acceptors (Lipinski definition) is 4. The maximum Gasteiger partial charge on any atom is 0.411 e. The fourth-order valence-electron chi connectivity index (χ4n) is 5.01. The van der Waals surface area contributed by atoms with Crippen molar-refractivity contribution in [2.24, 2.45) is 0 Å². The summed E-state index contributed by atoms with van der Waals surface area (Å²) in [6, 6.07) is 10.5. The van der Waals surface area contributed by atoms with Crippen molar-refractivity contribution in [2.45, 2.75) is 44.6 Å². The number of aromatic nitrogens is 1. The number of nitrogens with zero attached hydrogens (tertiary/aromatic N) is 3. The van der Waals surface area contributed by atoms with E-state index in [1.165, 1.54) is 0 Å². The van der Waals surface area contributed by atoms with Gasteiger partial charge in [-0.2, -0.15) is 13.2 Å². The molecule has 2 aliphatic heterocycles. The van der Waals surface area contributed by atoms with E-state index in [4.69, 9.17) is 0 Å². The number of halogens is 3. The number of likely N-dealkylation sites (tertiary alicyclic amines) is 1. The third-order valence-corrected chi connectivity index (χ3v) is 6.82. The molecule has 1 fully saturated rings. The summed E-state index contributed by atoms with van der Waals surface area (Å²) in [5, 5.41) is 0. The molecule has 33 heavy (non-hydrogen) atoms. The van der Waals surface area contributed by atoms with Gasteiger partial charge in [-0.1, -0.05) is 12.1 Å². The van der Waals surface area contributed by atoms with E-state index in [9.17, 15) is 22.8 Å². The van der Waals surface area contributed by atoms with Gasteiger partial charge in [-0.15, -0.1) is 0 Å². The number of rotatable bonds is 5. The van der Waals surface area contributed by atoms with Crippen LogP contribution < -0.4 is 0 Å². The minimum absolute atomic E-state index is 0.0563. The molecule has 4 rings (SSSR count).